The Kier molecular flexibility index (Phi) is 4.78. The number of carbonyl (C=O) groups excluding carboxylic acids is 1. The Hall–Kier alpha value is -0.870. The van der Waals surface area contributed by atoms with Crippen molar-refractivity contribution in [3.8, 4) is 0 Å². The summed E-state index contributed by atoms with van der Waals surface area (Å²) in [7, 11) is 0. The average molecular weight is 227 g/mol. The highest BCUT2D eigenvalue weighted by Crippen LogP contribution is 2.08. The minimum atomic E-state index is -0.461. The van der Waals surface area contributed by atoms with Crippen LogP contribution in [0.3, 0.4) is 0 Å². The topological polar surface area (TPSA) is 49.3 Å². The molecule has 0 aliphatic carbocycles. The fourth-order valence-corrected chi connectivity index (χ4v) is 1.80. The SMILES string of the molecule is CCC(C)C(O)CNC(=O)c1ccsc1. The van der Waals surface area contributed by atoms with Gasteiger partial charge in [-0.3, -0.25) is 4.79 Å². The van der Waals surface area contributed by atoms with Gasteiger partial charge >= 0.3 is 0 Å². The molecular weight excluding hydrogens is 210 g/mol. The minimum absolute atomic E-state index is 0.112. The first-order valence-electron chi connectivity index (χ1n) is 5.13. The molecule has 1 aromatic rings. The number of thiophene rings is 1. The quantitative estimate of drug-likeness (QED) is 0.807. The van der Waals surface area contributed by atoms with Gasteiger partial charge in [0.25, 0.3) is 5.91 Å². The summed E-state index contributed by atoms with van der Waals surface area (Å²) in [5.74, 6) is 0.103. The molecule has 15 heavy (non-hydrogen) atoms. The maximum absolute atomic E-state index is 11.5. The van der Waals surface area contributed by atoms with E-state index in [4.69, 9.17) is 0 Å². The van der Waals surface area contributed by atoms with Crippen LogP contribution in [0, 0.1) is 5.92 Å². The second-order valence-corrected chi connectivity index (χ2v) is 4.45. The van der Waals surface area contributed by atoms with E-state index in [1.54, 1.807) is 11.4 Å². The Bertz CT molecular complexity index is 298. The second-order valence-electron chi connectivity index (χ2n) is 3.67. The highest BCUT2D eigenvalue weighted by molar-refractivity contribution is 7.08. The van der Waals surface area contributed by atoms with Crippen molar-refractivity contribution in [2.75, 3.05) is 6.54 Å². The summed E-state index contributed by atoms with van der Waals surface area (Å²) in [6.07, 6.45) is 0.452. The molecule has 0 saturated heterocycles. The predicted octanol–water partition coefficient (Wildman–Crippen LogP) is 1.88. The molecule has 1 amide bonds. The van der Waals surface area contributed by atoms with Gasteiger partial charge in [-0.1, -0.05) is 20.3 Å². The third-order valence-corrected chi connectivity index (χ3v) is 3.24. The van der Waals surface area contributed by atoms with Gasteiger partial charge in [0.05, 0.1) is 6.10 Å². The molecule has 0 saturated carbocycles. The molecule has 4 heteroatoms. The zero-order chi connectivity index (χ0) is 11.3. The molecule has 0 aliphatic rings. The Morgan fingerprint density at radius 2 is 2.40 bits per heavy atom. The molecule has 0 aliphatic heterocycles. The lowest BCUT2D eigenvalue weighted by Gasteiger charge is -2.17. The van der Waals surface area contributed by atoms with Crippen LogP contribution in [0.4, 0.5) is 0 Å². The van der Waals surface area contributed by atoms with Gasteiger partial charge in [-0.25, -0.2) is 0 Å². The second kappa shape index (κ2) is 5.88. The van der Waals surface area contributed by atoms with Crippen LogP contribution >= 0.6 is 11.3 Å². The first-order valence-corrected chi connectivity index (χ1v) is 6.08. The molecule has 84 valence electrons. The van der Waals surface area contributed by atoms with Gasteiger partial charge in [0.15, 0.2) is 0 Å². The monoisotopic (exact) mass is 227 g/mol. The van der Waals surface area contributed by atoms with Gasteiger partial charge < -0.3 is 10.4 Å². The third-order valence-electron chi connectivity index (χ3n) is 2.56. The molecule has 0 aromatic carbocycles. The Morgan fingerprint density at radius 1 is 1.67 bits per heavy atom. The lowest BCUT2D eigenvalue weighted by Crippen LogP contribution is -2.35. The fourth-order valence-electron chi connectivity index (χ4n) is 1.17. The van der Waals surface area contributed by atoms with E-state index in [2.05, 4.69) is 5.32 Å². The van der Waals surface area contributed by atoms with Crippen LogP contribution in [-0.2, 0) is 0 Å². The van der Waals surface area contributed by atoms with Crippen molar-refractivity contribution >= 4 is 17.2 Å². The highest BCUT2D eigenvalue weighted by Gasteiger charge is 2.13. The van der Waals surface area contributed by atoms with E-state index in [1.165, 1.54) is 11.3 Å². The molecule has 3 nitrogen and oxygen atoms in total. The van der Waals surface area contributed by atoms with E-state index >= 15 is 0 Å². The molecule has 0 spiro atoms. The number of hydrogen-bond acceptors (Lipinski definition) is 3. The predicted molar refractivity (Wildman–Crippen MR) is 62.1 cm³/mol. The first kappa shape index (κ1) is 12.2. The molecule has 1 rings (SSSR count). The van der Waals surface area contributed by atoms with Gasteiger partial charge in [-0.2, -0.15) is 11.3 Å². The molecule has 1 heterocycles. The molecule has 0 fully saturated rings. The molecular formula is C11H17NO2S. The summed E-state index contributed by atoms with van der Waals surface area (Å²) in [5.41, 5.74) is 0.663. The van der Waals surface area contributed by atoms with Crippen LogP contribution in [0.25, 0.3) is 0 Å². The maximum Gasteiger partial charge on any atom is 0.252 e. The van der Waals surface area contributed by atoms with Gasteiger partial charge in [0, 0.05) is 17.5 Å². The first-order chi connectivity index (χ1) is 7.15. The van der Waals surface area contributed by atoms with Crippen LogP contribution in [0.1, 0.15) is 30.6 Å². The lowest BCUT2D eigenvalue weighted by atomic mass is 10.0. The van der Waals surface area contributed by atoms with Crippen molar-refractivity contribution in [3.05, 3.63) is 22.4 Å². The van der Waals surface area contributed by atoms with Crippen LogP contribution in [-0.4, -0.2) is 23.7 Å². The molecule has 2 N–H and O–H groups in total. The van der Waals surface area contributed by atoms with E-state index in [1.807, 2.05) is 19.2 Å². The normalized spacial score (nSPS) is 14.6. The van der Waals surface area contributed by atoms with E-state index in [0.717, 1.165) is 6.42 Å². The highest BCUT2D eigenvalue weighted by atomic mass is 32.1. The summed E-state index contributed by atoms with van der Waals surface area (Å²) >= 11 is 1.49. The third kappa shape index (κ3) is 3.64. The minimum Gasteiger partial charge on any atom is -0.391 e. The summed E-state index contributed by atoms with van der Waals surface area (Å²) in [4.78, 5) is 11.5. The van der Waals surface area contributed by atoms with E-state index in [0.29, 0.717) is 12.1 Å². The zero-order valence-corrected chi connectivity index (χ0v) is 9.88. The van der Waals surface area contributed by atoms with Gasteiger partial charge in [0.2, 0.25) is 0 Å². The summed E-state index contributed by atoms with van der Waals surface area (Å²) in [6, 6.07) is 1.77. The number of amides is 1. The van der Waals surface area contributed by atoms with Gasteiger partial charge in [0.1, 0.15) is 0 Å². The Morgan fingerprint density at radius 3 is 2.93 bits per heavy atom. The fraction of sp³-hybridized carbons (Fsp3) is 0.545. The molecule has 1 aromatic heterocycles. The number of aliphatic hydroxyl groups excluding tert-OH is 1. The number of hydrogen-bond donors (Lipinski definition) is 2. The van der Waals surface area contributed by atoms with E-state index in [9.17, 15) is 9.90 Å². The van der Waals surface area contributed by atoms with Crippen molar-refractivity contribution in [3.63, 3.8) is 0 Å². The van der Waals surface area contributed by atoms with Crippen LogP contribution in [0.15, 0.2) is 16.8 Å². The summed E-state index contributed by atoms with van der Waals surface area (Å²) in [5, 5.41) is 16.0. The van der Waals surface area contributed by atoms with Crippen molar-refractivity contribution in [1.29, 1.82) is 0 Å². The average Bonchev–Trinajstić information content (AvgIpc) is 2.77. The van der Waals surface area contributed by atoms with Crippen molar-refractivity contribution in [1.82, 2.24) is 5.32 Å². The molecule has 0 radical (unpaired) electrons. The van der Waals surface area contributed by atoms with Crippen LogP contribution in [0.5, 0.6) is 0 Å². The zero-order valence-electron chi connectivity index (χ0n) is 9.06. The van der Waals surface area contributed by atoms with Gasteiger partial charge in [-0.15, -0.1) is 0 Å². The van der Waals surface area contributed by atoms with Crippen LogP contribution in [0.2, 0.25) is 0 Å². The Balaban J connectivity index is 2.34. The summed E-state index contributed by atoms with van der Waals surface area (Å²) in [6.45, 7) is 4.32. The van der Waals surface area contributed by atoms with E-state index < -0.39 is 6.10 Å². The van der Waals surface area contributed by atoms with Crippen molar-refractivity contribution in [2.24, 2.45) is 5.92 Å². The molecule has 0 bridgehead atoms. The molecule has 2 atom stereocenters. The maximum atomic E-state index is 11.5. The number of aliphatic hydroxyl groups is 1. The smallest absolute Gasteiger partial charge is 0.252 e. The van der Waals surface area contributed by atoms with Crippen molar-refractivity contribution < 1.29 is 9.90 Å². The summed E-state index contributed by atoms with van der Waals surface area (Å²) < 4.78 is 0. The largest absolute Gasteiger partial charge is 0.391 e. The number of rotatable bonds is 5. The van der Waals surface area contributed by atoms with Gasteiger partial charge in [-0.05, 0) is 17.4 Å². The lowest BCUT2D eigenvalue weighted by molar-refractivity contribution is 0.0850. The number of nitrogens with one attached hydrogen (secondary N) is 1. The molecule has 2 unspecified atom stereocenters. The van der Waals surface area contributed by atoms with E-state index in [-0.39, 0.29) is 11.8 Å². The standard InChI is InChI=1S/C11H17NO2S/c1-3-8(2)10(13)6-12-11(14)9-4-5-15-7-9/h4-5,7-8,10,13H,3,6H2,1-2H3,(H,12,14). The Labute approximate surface area is 94.1 Å². The van der Waals surface area contributed by atoms with Crippen molar-refractivity contribution in [2.45, 2.75) is 26.4 Å². The number of carbonyl (C=O) groups is 1. The van der Waals surface area contributed by atoms with Crippen LogP contribution < -0.4 is 5.32 Å².